The minimum atomic E-state index is -1.48. The fraction of sp³-hybridized carbons (Fsp3) is 0.857. The molecule has 1 aliphatic carbocycles. The number of esters is 3. The highest BCUT2D eigenvalue weighted by atomic mass is 127. The van der Waals surface area contributed by atoms with E-state index in [2.05, 4.69) is 0 Å². The Kier molecular flexibility index (Phi) is 7.21. The second kappa shape index (κ2) is 8.54. The van der Waals surface area contributed by atoms with Crippen LogP contribution in [0.4, 0.5) is 0 Å². The molecule has 30 heavy (non-hydrogen) atoms. The van der Waals surface area contributed by atoms with Crippen molar-refractivity contribution in [2.45, 2.75) is 107 Å². The molecule has 2 bridgehead atoms. The Morgan fingerprint density at radius 3 is 2.37 bits per heavy atom. The Hall–Kier alpha value is -0.940. The lowest BCUT2D eigenvalue weighted by atomic mass is 9.74. The van der Waals surface area contributed by atoms with Crippen molar-refractivity contribution in [3.05, 3.63) is 0 Å². The molecular weight excluding hydrogens is 507 g/mol. The van der Waals surface area contributed by atoms with Gasteiger partial charge in [0.15, 0.2) is 5.41 Å². The maximum absolute atomic E-state index is 13.0. The van der Waals surface area contributed by atoms with E-state index >= 15 is 0 Å². The van der Waals surface area contributed by atoms with Gasteiger partial charge in [-0.3, -0.25) is 14.4 Å². The Morgan fingerprint density at radius 2 is 1.87 bits per heavy atom. The monoisotopic (exact) mass is 540 g/mol. The number of hydrogen-bond donors (Lipinski definition) is 2. The fourth-order valence-corrected chi connectivity index (χ4v) is 3.77. The zero-order valence-corrected chi connectivity index (χ0v) is 20.6. The second-order valence-corrected chi connectivity index (χ2v) is 12.2. The van der Waals surface area contributed by atoms with Gasteiger partial charge in [-0.25, -0.2) is 0 Å². The van der Waals surface area contributed by atoms with E-state index in [0.717, 1.165) is 0 Å². The molecule has 1 saturated heterocycles. The molecule has 1 saturated carbocycles. The third kappa shape index (κ3) is 5.45. The summed E-state index contributed by atoms with van der Waals surface area (Å²) in [5, 5.41) is 20.5. The van der Waals surface area contributed by atoms with Crippen molar-refractivity contribution in [1.82, 2.24) is 0 Å². The number of carbonyl (C=O) groups excluding carboxylic acids is 3. The predicted molar refractivity (Wildman–Crippen MR) is 116 cm³/mol. The average molecular weight is 540 g/mol. The summed E-state index contributed by atoms with van der Waals surface area (Å²) in [6.45, 7) is 9.73. The van der Waals surface area contributed by atoms with E-state index in [1.54, 1.807) is 20.8 Å². The van der Waals surface area contributed by atoms with Crippen LogP contribution in [-0.4, -0.2) is 61.1 Å². The molecule has 0 aromatic heterocycles. The van der Waals surface area contributed by atoms with Gasteiger partial charge in [0.1, 0.15) is 21.7 Å². The summed E-state index contributed by atoms with van der Waals surface area (Å²) in [7, 11) is 0. The largest absolute Gasteiger partial charge is 0.458 e. The van der Waals surface area contributed by atoms with E-state index in [9.17, 15) is 24.6 Å². The normalized spacial score (nSPS) is 29.6. The van der Waals surface area contributed by atoms with Gasteiger partial charge in [-0.2, -0.15) is 0 Å². The summed E-state index contributed by atoms with van der Waals surface area (Å²) < 4.78 is 15.9. The molecule has 1 heterocycles. The summed E-state index contributed by atoms with van der Waals surface area (Å²) in [6, 6.07) is 0. The number of aliphatic hydroxyl groups is 2. The molecule has 8 nitrogen and oxygen atoms in total. The molecule has 0 aromatic carbocycles. The van der Waals surface area contributed by atoms with E-state index < -0.39 is 50.3 Å². The number of halogens is 1. The van der Waals surface area contributed by atoms with Crippen molar-refractivity contribution >= 4 is 40.5 Å². The maximum Gasteiger partial charge on any atom is 0.324 e. The van der Waals surface area contributed by atoms with Crippen LogP contribution in [0.3, 0.4) is 0 Å². The van der Waals surface area contributed by atoms with Gasteiger partial charge in [-0.15, -0.1) is 0 Å². The van der Waals surface area contributed by atoms with Crippen molar-refractivity contribution in [2.75, 3.05) is 0 Å². The summed E-state index contributed by atoms with van der Waals surface area (Å²) in [5.74, 6) is -1.84. The zero-order chi connectivity index (χ0) is 23.1. The highest BCUT2D eigenvalue weighted by Crippen LogP contribution is 2.47. The first-order valence-corrected chi connectivity index (χ1v) is 11.4. The Balaban J connectivity index is 2.13. The lowest BCUT2D eigenvalue weighted by molar-refractivity contribution is -0.183. The van der Waals surface area contributed by atoms with Crippen molar-refractivity contribution in [1.29, 1.82) is 0 Å². The number of rotatable bonds is 8. The molecule has 2 N–H and O–H groups in total. The van der Waals surface area contributed by atoms with Gasteiger partial charge in [-0.05, 0) is 53.9 Å². The quantitative estimate of drug-likeness (QED) is 0.159. The van der Waals surface area contributed by atoms with Crippen LogP contribution in [0.2, 0.25) is 0 Å². The number of alkyl halides is 1. The van der Waals surface area contributed by atoms with E-state index in [4.69, 9.17) is 14.2 Å². The van der Waals surface area contributed by atoms with Gasteiger partial charge < -0.3 is 24.4 Å². The number of fused-ring (bicyclic) bond motifs is 2. The van der Waals surface area contributed by atoms with Crippen LogP contribution in [0.15, 0.2) is 0 Å². The molecule has 9 heteroatoms. The third-order valence-electron chi connectivity index (χ3n) is 5.93. The summed E-state index contributed by atoms with van der Waals surface area (Å²) in [5.41, 5.74) is -4.07. The van der Waals surface area contributed by atoms with E-state index in [0.29, 0.717) is 12.8 Å². The van der Waals surface area contributed by atoms with Gasteiger partial charge in [0, 0.05) is 12.8 Å². The molecule has 2 fully saturated rings. The van der Waals surface area contributed by atoms with E-state index in [1.165, 1.54) is 13.8 Å². The summed E-state index contributed by atoms with van der Waals surface area (Å²) in [6.07, 6.45) is -1.23. The highest BCUT2D eigenvalue weighted by molar-refractivity contribution is 14.1. The molecule has 0 spiro atoms. The lowest BCUT2D eigenvalue weighted by Crippen LogP contribution is -2.49. The van der Waals surface area contributed by atoms with Gasteiger partial charge in [0.25, 0.3) is 0 Å². The predicted octanol–water partition coefficient (Wildman–Crippen LogP) is 2.44. The summed E-state index contributed by atoms with van der Waals surface area (Å²) >= 11 is 2.04. The van der Waals surface area contributed by atoms with Gasteiger partial charge in [-0.1, -0.05) is 29.5 Å². The van der Waals surface area contributed by atoms with Gasteiger partial charge >= 0.3 is 17.9 Å². The van der Waals surface area contributed by atoms with E-state index in [1.807, 2.05) is 29.5 Å². The van der Waals surface area contributed by atoms with Crippen molar-refractivity contribution in [3.8, 4) is 0 Å². The van der Waals surface area contributed by atoms with Crippen LogP contribution >= 0.6 is 22.6 Å². The molecule has 2 aliphatic rings. The van der Waals surface area contributed by atoms with Crippen molar-refractivity contribution in [3.63, 3.8) is 0 Å². The molecule has 5 unspecified atom stereocenters. The molecular formula is C21H33IO8. The standard InChI is InChI=1S/C21H33IO8/c1-7-20(6,22)15(23)28-12-8-9-21(10-13(12)29-16(21)24)17(25)30-14(19(4,5)27)11-18(2,3)26/h12-14,26-27H,7-11H2,1-6H3. The van der Waals surface area contributed by atoms with Crippen LogP contribution in [0.25, 0.3) is 0 Å². The SMILES string of the molecule is CCC(C)(I)C(=O)OC1CCC2(C(=O)OC(CC(C)(C)O)C(C)(C)O)CC1OC2=O. The number of hydrogen-bond acceptors (Lipinski definition) is 8. The molecule has 2 rings (SSSR count). The van der Waals surface area contributed by atoms with Crippen LogP contribution in [0.1, 0.15) is 73.6 Å². The van der Waals surface area contributed by atoms with Crippen molar-refractivity contribution in [2.24, 2.45) is 5.41 Å². The Bertz CT molecular complexity index is 690. The minimum Gasteiger partial charge on any atom is -0.458 e. The molecule has 1 aliphatic heterocycles. The first-order valence-electron chi connectivity index (χ1n) is 10.3. The van der Waals surface area contributed by atoms with Crippen molar-refractivity contribution < 1.29 is 38.8 Å². The number of carbonyl (C=O) groups is 3. The minimum absolute atomic E-state index is 0.00228. The zero-order valence-electron chi connectivity index (χ0n) is 18.5. The molecule has 0 amide bonds. The Labute approximate surface area is 191 Å². The molecule has 0 radical (unpaired) electrons. The maximum atomic E-state index is 13.0. The third-order valence-corrected chi connectivity index (χ3v) is 7.13. The van der Waals surface area contributed by atoms with Crippen LogP contribution < -0.4 is 0 Å². The average Bonchev–Trinajstić information content (AvgIpc) is 2.87. The van der Waals surface area contributed by atoms with Crippen LogP contribution in [0.5, 0.6) is 0 Å². The fourth-order valence-electron chi connectivity index (χ4n) is 3.64. The topological polar surface area (TPSA) is 119 Å². The van der Waals surface area contributed by atoms with Crippen LogP contribution in [-0.2, 0) is 28.6 Å². The highest BCUT2D eigenvalue weighted by Gasteiger charge is 2.62. The molecule has 5 atom stereocenters. The van der Waals surface area contributed by atoms with E-state index in [-0.39, 0.29) is 25.2 Å². The van der Waals surface area contributed by atoms with Gasteiger partial charge in [0.05, 0.1) is 11.2 Å². The van der Waals surface area contributed by atoms with Crippen LogP contribution in [0, 0.1) is 5.41 Å². The second-order valence-electron chi connectivity index (χ2n) is 9.83. The van der Waals surface area contributed by atoms with Gasteiger partial charge in [0.2, 0.25) is 0 Å². The first kappa shape index (κ1) is 25.3. The number of ether oxygens (including phenoxy) is 3. The lowest BCUT2D eigenvalue weighted by Gasteiger charge is -2.36. The molecule has 0 aromatic rings. The summed E-state index contributed by atoms with van der Waals surface area (Å²) in [4.78, 5) is 38.1. The smallest absolute Gasteiger partial charge is 0.324 e. The Morgan fingerprint density at radius 1 is 1.27 bits per heavy atom. The first-order chi connectivity index (χ1) is 13.5. The molecule has 172 valence electrons.